The molecule has 1 N–H and O–H groups in total. The highest BCUT2D eigenvalue weighted by Gasteiger charge is 2.32. The topological polar surface area (TPSA) is 35.8 Å². The SMILES string of the molecule is N#CC1(Cc2cc(F)ccc2Cl)CCNCC1. The van der Waals surface area contributed by atoms with Crippen LogP contribution in [0.5, 0.6) is 0 Å². The molecule has 0 aromatic heterocycles. The van der Waals surface area contributed by atoms with Gasteiger partial charge in [-0.05, 0) is 56.1 Å². The second-order valence-corrected chi connectivity index (χ2v) is 4.96. The third kappa shape index (κ3) is 2.77. The number of halogens is 2. The summed E-state index contributed by atoms with van der Waals surface area (Å²) < 4.78 is 13.2. The molecule has 0 amide bonds. The van der Waals surface area contributed by atoms with Crippen LogP contribution in [0.2, 0.25) is 5.02 Å². The van der Waals surface area contributed by atoms with E-state index in [2.05, 4.69) is 11.4 Å². The van der Waals surface area contributed by atoms with Gasteiger partial charge in [-0.3, -0.25) is 0 Å². The Balaban J connectivity index is 2.23. The molecule has 1 heterocycles. The molecule has 0 atom stereocenters. The predicted octanol–water partition coefficient (Wildman–Crippen LogP) is 2.91. The third-order valence-electron chi connectivity index (χ3n) is 3.33. The minimum atomic E-state index is -0.400. The largest absolute Gasteiger partial charge is 0.317 e. The first-order valence-corrected chi connectivity index (χ1v) is 6.09. The quantitative estimate of drug-likeness (QED) is 0.879. The predicted molar refractivity (Wildman–Crippen MR) is 65.3 cm³/mol. The summed E-state index contributed by atoms with van der Waals surface area (Å²) in [6.07, 6.45) is 2.11. The number of nitriles is 1. The molecule has 0 radical (unpaired) electrons. The van der Waals surface area contributed by atoms with Crippen LogP contribution in [-0.4, -0.2) is 13.1 Å². The summed E-state index contributed by atoms with van der Waals surface area (Å²) in [6.45, 7) is 1.67. The standard InChI is InChI=1S/C13H14ClFN2/c14-12-2-1-11(15)7-10(12)8-13(9-16)3-5-17-6-4-13/h1-2,7,17H,3-6,8H2. The summed E-state index contributed by atoms with van der Waals surface area (Å²) in [5, 5.41) is 13.1. The Morgan fingerprint density at radius 1 is 1.41 bits per heavy atom. The average Bonchev–Trinajstić information content (AvgIpc) is 2.35. The van der Waals surface area contributed by atoms with E-state index in [0.717, 1.165) is 31.5 Å². The molecule has 1 saturated heterocycles. The first-order chi connectivity index (χ1) is 8.15. The maximum Gasteiger partial charge on any atom is 0.123 e. The van der Waals surface area contributed by atoms with Gasteiger partial charge in [0.1, 0.15) is 5.82 Å². The van der Waals surface area contributed by atoms with Gasteiger partial charge in [0, 0.05) is 5.02 Å². The minimum Gasteiger partial charge on any atom is -0.317 e. The molecule has 0 saturated carbocycles. The zero-order valence-electron chi connectivity index (χ0n) is 9.47. The van der Waals surface area contributed by atoms with Gasteiger partial charge < -0.3 is 5.32 Å². The number of benzene rings is 1. The molecule has 90 valence electrons. The van der Waals surface area contributed by atoms with E-state index in [4.69, 9.17) is 11.6 Å². The summed E-state index contributed by atoms with van der Waals surface area (Å²) >= 11 is 6.04. The molecule has 1 aromatic rings. The highest BCUT2D eigenvalue weighted by Crippen LogP contribution is 2.34. The first kappa shape index (κ1) is 12.3. The molecule has 2 rings (SSSR count). The van der Waals surface area contributed by atoms with Gasteiger partial charge in [0.15, 0.2) is 0 Å². The van der Waals surface area contributed by atoms with Crippen molar-refractivity contribution in [1.29, 1.82) is 5.26 Å². The monoisotopic (exact) mass is 252 g/mol. The Morgan fingerprint density at radius 3 is 2.76 bits per heavy atom. The summed E-state index contributed by atoms with van der Waals surface area (Å²) in [7, 11) is 0. The molecular weight excluding hydrogens is 239 g/mol. The van der Waals surface area contributed by atoms with Crippen molar-refractivity contribution < 1.29 is 4.39 Å². The molecule has 1 aromatic carbocycles. The van der Waals surface area contributed by atoms with Crippen molar-refractivity contribution in [2.45, 2.75) is 19.3 Å². The second kappa shape index (κ2) is 5.03. The Kier molecular flexibility index (Phi) is 3.66. The third-order valence-corrected chi connectivity index (χ3v) is 3.70. The van der Waals surface area contributed by atoms with E-state index in [1.807, 2.05) is 0 Å². The Labute approximate surface area is 105 Å². The summed E-state index contributed by atoms with van der Waals surface area (Å²) in [5.41, 5.74) is 0.331. The number of hydrogen-bond acceptors (Lipinski definition) is 2. The van der Waals surface area contributed by atoms with Gasteiger partial charge in [-0.2, -0.15) is 5.26 Å². The van der Waals surface area contributed by atoms with E-state index >= 15 is 0 Å². The number of rotatable bonds is 2. The molecule has 0 bridgehead atoms. The second-order valence-electron chi connectivity index (χ2n) is 4.55. The van der Waals surface area contributed by atoms with Crippen LogP contribution in [0.25, 0.3) is 0 Å². The molecular formula is C13H14ClFN2. The zero-order valence-corrected chi connectivity index (χ0v) is 10.2. The van der Waals surface area contributed by atoms with Gasteiger partial charge in [-0.25, -0.2) is 4.39 Å². The van der Waals surface area contributed by atoms with Crippen LogP contribution >= 0.6 is 11.6 Å². The maximum absolute atomic E-state index is 13.2. The smallest absolute Gasteiger partial charge is 0.123 e. The van der Waals surface area contributed by atoms with E-state index in [9.17, 15) is 9.65 Å². The number of nitrogens with zero attached hydrogens (tertiary/aromatic N) is 1. The van der Waals surface area contributed by atoms with Gasteiger partial charge in [0.05, 0.1) is 11.5 Å². The lowest BCUT2D eigenvalue weighted by Gasteiger charge is -2.31. The van der Waals surface area contributed by atoms with Crippen LogP contribution in [0.3, 0.4) is 0 Å². The van der Waals surface area contributed by atoms with Gasteiger partial charge in [0.25, 0.3) is 0 Å². The molecule has 0 aliphatic carbocycles. The van der Waals surface area contributed by atoms with Crippen molar-refractivity contribution in [1.82, 2.24) is 5.32 Å². The molecule has 0 spiro atoms. The number of hydrogen-bond donors (Lipinski definition) is 1. The summed E-state index contributed by atoms with van der Waals surface area (Å²) in [6, 6.07) is 6.72. The Morgan fingerprint density at radius 2 is 2.12 bits per heavy atom. The van der Waals surface area contributed by atoms with Gasteiger partial charge in [-0.15, -0.1) is 0 Å². The highest BCUT2D eigenvalue weighted by atomic mass is 35.5. The summed E-state index contributed by atoms with van der Waals surface area (Å²) in [5.74, 6) is -0.300. The van der Waals surface area contributed by atoms with Gasteiger partial charge in [-0.1, -0.05) is 11.6 Å². The lowest BCUT2D eigenvalue weighted by molar-refractivity contribution is 0.280. The lowest BCUT2D eigenvalue weighted by atomic mass is 9.75. The van der Waals surface area contributed by atoms with E-state index in [1.165, 1.54) is 12.1 Å². The molecule has 17 heavy (non-hydrogen) atoms. The molecule has 1 fully saturated rings. The maximum atomic E-state index is 13.2. The first-order valence-electron chi connectivity index (χ1n) is 5.71. The van der Waals surface area contributed by atoms with Crippen molar-refractivity contribution in [3.05, 3.63) is 34.6 Å². The zero-order chi connectivity index (χ0) is 12.3. The highest BCUT2D eigenvalue weighted by molar-refractivity contribution is 6.31. The van der Waals surface area contributed by atoms with E-state index in [1.54, 1.807) is 6.07 Å². The Hall–Kier alpha value is -1.11. The Bertz CT molecular complexity index is 447. The average molecular weight is 253 g/mol. The fraction of sp³-hybridized carbons (Fsp3) is 0.462. The van der Waals surface area contributed by atoms with Crippen LogP contribution in [-0.2, 0) is 6.42 Å². The van der Waals surface area contributed by atoms with Crippen molar-refractivity contribution >= 4 is 11.6 Å². The van der Waals surface area contributed by atoms with Crippen molar-refractivity contribution in [3.8, 4) is 6.07 Å². The molecule has 1 aliphatic rings. The van der Waals surface area contributed by atoms with Crippen LogP contribution in [0.1, 0.15) is 18.4 Å². The van der Waals surface area contributed by atoms with Gasteiger partial charge in [0.2, 0.25) is 0 Å². The molecule has 1 aliphatic heterocycles. The van der Waals surface area contributed by atoms with Gasteiger partial charge >= 0.3 is 0 Å². The lowest BCUT2D eigenvalue weighted by Crippen LogP contribution is -2.37. The van der Waals surface area contributed by atoms with Crippen molar-refractivity contribution in [2.24, 2.45) is 5.41 Å². The fourth-order valence-corrected chi connectivity index (χ4v) is 2.46. The van der Waals surface area contributed by atoms with E-state index in [0.29, 0.717) is 11.4 Å². The van der Waals surface area contributed by atoms with E-state index in [-0.39, 0.29) is 5.82 Å². The molecule has 2 nitrogen and oxygen atoms in total. The molecule has 4 heteroatoms. The van der Waals surface area contributed by atoms with E-state index < -0.39 is 5.41 Å². The van der Waals surface area contributed by atoms with Crippen molar-refractivity contribution in [3.63, 3.8) is 0 Å². The summed E-state index contributed by atoms with van der Waals surface area (Å²) in [4.78, 5) is 0. The molecule has 0 unspecified atom stereocenters. The van der Waals surface area contributed by atoms with Crippen LogP contribution in [0.4, 0.5) is 4.39 Å². The van der Waals surface area contributed by atoms with Crippen LogP contribution in [0.15, 0.2) is 18.2 Å². The van der Waals surface area contributed by atoms with Crippen molar-refractivity contribution in [2.75, 3.05) is 13.1 Å². The number of nitrogens with one attached hydrogen (secondary N) is 1. The van der Waals surface area contributed by atoms with Crippen LogP contribution < -0.4 is 5.32 Å². The van der Waals surface area contributed by atoms with Crippen LogP contribution in [0, 0.1) is 22.6 Å². The number of piperidine rings is 1. The normalized spacial score (nSPS) is 18.6. The minimum absolute atomic E-state index is 0.300. The fourth-order valence-electron chi connectivity index (χ4n) is 2.28.